The number of rotatable bonds is 5. The molecule has 0 spiro atoms. The van der Waals surface area contributed by atoms with E-state index >= 15 is 0 Å². The molecule has 0 aliphatic rings. The maximum absolute atomic E-state index is 12.5. The Labute approximate surface area is 168 Å². The first-order chi connectivity index (χ1) is 14.1. The van der Waals surface area contributed by atoms with E-state index < -0.39 is 18.4 Å². The third-order valence-corrected chi connectivity index (χ3v) is 5.06. The number of carboxylic acid groups (broad SMARTS) is 1. The van der Waals surface area contributed by atoms with E-state index in [9.17, 15) is 14.7 Å². The molecule has 3 aromatic heterocycles. The first-order valence-electron chi connectivity index (χ1n) is 8.54. The van der Waals surface area contributed by atoms with Gasteiger partial charge in [0.05, 0.1) is 21.5 Å². The van der Waals surface area contributed by atoms with E-state index in [2.05, 4.69) is 19.7 Å². The molecule has 0 radical (unpaired) electrons. The predicted molar refractivity (Wildman–Crippen MR) is 108 cm³/mol. The Bertz CT molecular complexity index is 1210. The molecule has 0 saturated carbocycles. The van der Waals surface area contributed by atoms with Gasteiger partial charge in [0.25, 0.3) is 5.91 Å². The van der Waals surface area contributed by atoms with Crippen LogP contribution in [0.25, 0.3) is 32.6 Å². The molecule has 0 aliphatic heterocycles. The van der Waals surface area contributed by atoms with Crippen molar-refractivity contribution in [3.63, 3.8) is 0 Å². The van der Waals surface area contributed by atoms with Gasteiger partial charge < -0.3 is 15.5 Å². The summed E-state index contributed by atoms with van der Waals surface area (Å²) in [5.41, 5.74) is 2.19. The number of carbonyl (C=O) groups is 2. The number of amides is 1. The highest BCUT2D eigenvalue weighted by Crippen LogP contribution is 2.42. The van der Waals surface area contributed by atoms with Gasteiger partial charge in [-0.3, -0.25) is 14.6 Å². The third-order valence-electron chi connectivity index (χ3n) is 4.21. The van der Waals surface area contributed by atoms with Crippen molar-refractivity contribution in [2.45, 2.75) is 0 Å². The normalized spacial score (nSPS) is 10.8. The SMILES string of the molecule is O=C(O)CNC(=O)c1nc(-c2ccncc2)c2snc(-c3ccccc3)c2c1O. The summed E-state index contributed by atoms with van der Waals surface area (Å²) in [6, 6.07) is 12.7. The highest BCUT2D eigenvalue weighted by Gasteiger charge is 2.25. The third kappa shape index (κ3) is 3.50. The summed E-state index contributed by atoms with van der Waals surface area (Å²) in [6.45, 7) is -0.587. The average molecular weight is 406 g/mol. The summed E-state index contributed by atoms with van der Waals surface area (Å²) >= 11 is 1.16. The molecule has 4 rings (SSSR count). The molecule has 8 nitrogen and oxygen atoms in total. The number of hydrogen-bond donors (Lipinski definition) is 3. The Morgan fingerprint density at radius 1 is 1.00 bits per heavy atom. The summed E-state index contributed by atoms with van der Waals surface area (Å²) in [4.78, 5) is 31.7. The van der Waals surface area contributed by atoms with E-state index in [1.165, 1.54) is 0 Å². The molecule has 9 heteroatoms. The molecule has 3 heterocycles. The Morgan fingerprint density at radius 2 is 1.69 bits per heavy atom. The summed E-state index contributed by atoms with van der Waals surface area (Å²) in [7, 11) is 0. The quantitative estimate of drug-likeness (QED) is 0.465. The number of nitrogens with zero attached hydrogens (tertiary/aromatic N) is 3. The maximum atomic E-state index is 12.5. The second-order valence-electron chi connectivity index (χ2n) is 6.07. The number of carbonyl (C=O) groups excluding carboxylic acids is 1. The van der Waals surface area contributed by atoms with Gasteiger partial charge in [-0.15, -0.1) is 0 Å². The minimum Gasteiger partial charge on any atom is -0.505 e. The van der Waals surface area contributed by atoms with Crippen molar-refractivity contribution in [3.8, 4) is 28.3 Å². The largest absolute Gasteiger partial charge is 0.505 e. The Kier molecular flexibility index (Phi) is 4.88. The number of aromatic hydroxyl groups is 1. The van der Waals surface area contributed by atoms with Crippen LogP contribution in [0.1, 0.15) is 10.5 Å². The van der Waals surface area contributed by atoms with Crippen LogP contribution in [0, 0.1) is 0 Å². The Morgan fingerprint density at radius 3 is 2.38 bits per heavy atom. The van der Waals surface area contributed by atoms with Crippen LogP contribution < -0.4 is 5.32 Å². The number of pyridine rings is 2. The zero-order chi connectivity index (χ0) is 20.4. The molecule has 0 saturated heterocycles. The van der Waals surface area contributed by atoms with Gasteiger partial charge in [-0.25, -0.2) is 4.98 Å². The lowest BCUT2D eigenvalue weighted by atomic mass is 10.0. The molecular formula is C20H14N4O4S. The van der Waals surface area contributed by atoms with Gasteiger partial charge in [0.1, 0.15) is 6.54 Å². The average Bonchev–Trinajstić information content (AvgIpc) is 3.19. The lowest BCUT2D eigenvalue weighted by molar-refractivity contribution is -0.135. The van der Waals surface area contributed by atoms with Crippen LogP contribution in [-0.2, 0) is 4.79 Å². The van der Waals surface area contributed by atoms with Crippen LogP contribution in [0.15, 0.2) is 54.9 Å². The van der Waals surface area contributed by atoms with Crippen molar-refractivity contribution < 1.29 is 19.8 Å². The van der Waals surface area contributed by atoms with E-state index in [1.54, 1.807) is 24.5 Å². The van der Waals surface area contributed by atoms with Gasteiger partial charge in [0, 0.05) is 23.5 Å². The zero-order valence-electron chi connectivity index (χ0n) is 14.9. The van der Waals surface area contributed by atoms with Crippen LogP contribution in [0.3, 0.4) is 0 Å². The standard InChI is InChI=1S/C20H14N4O4S/c25-13(26)10-22-20(28)17-18(27)14-15(11-4-2-1-3-5-11)24-29-19(14)16(23-17)12-6-8-21-9-7-12/h1-9,27H,10H2,(H,22,28)(H,25,26). The van der Waals surface area contributed by atoms with Crippen LogP contribution in [0.5, 0.6) is 5.75 Å². The van der Waals surface area contributed by atoms with E-state index in [0.717, 1.165) is 17.1 Å². The van der Waals surface area contributed by atoms with E-state index in [4.69, 9.17) is 5.11 Å². The van der Waals surface area contributed by atoms with E-state index in [-0.39, 0.29) is 11.4 Å². The topological polar surface area (TPSA) is 125 Å². The highest BCUT2D eigenvalue weighted by atomic mass is 32.1. The van der Waals surface area contributed by atoms with Gasteiger partial charge in [0.2, 0.25) is 0 Å². The van der Waals surface area contributed by atoms with E-state index in [0.29, 0.717) is 27.0 Å². The lowest BCUT2D eigenvalue weighted by Gasteiger charge is -2.10. The van der Waals surface area contributed by atoms with Crippen molar-refractivity contribution in [1.29, 1.82) is 0 Å². The molecule has 29 heavy (non-hydrogen) atoms. The second kappa shape index (κ2) is 7.64. The van der Waals surface area contributed by atoms with Gasteiger partial charge in [-0.2, -0.15) is 4.37 Å². The van der Waals surface area contributed by atoms with Crippen LogP contribution >= 0.6 is 11.5 Å². The fraction of sp³-hybridized carbons (Fsp3) is 0.0500. The molecule has 0 aliphatic carbocycles. The number of benzene rings is 1. The first-order valence-corrected chi connectivity index (χ1v) is 9.31. The minimum absolute atomic E-state index is 0.261. The Balaban J connectivity index is 1.97. The van der Waals surface area contributed by atoms with Crippen molar-refractivity contribution in [3.05, 3.63) is 60.6 Å². The van der Waals surface area contributed by atoms with Crippen molar-refractivity contribution >= 4 is 33.5 Å². The monoisotopic (exact) mass is 406 g/mol. The number of fused-ring (bicyclic) bond motifs is 1. The molecule has 0 fully saturated rings. The van der Waals surface area contributed by atoms with Crippen molar-refractivity contribution in [2.24, 2.45) is 0 Å². The predicted octanol–water partition coefficient (Wildman–Crippen LogP) is 2.94. The number of aromatic nitrogens is 3. The summed E-state index contributed by atoms with van der Waals surface area (Å²) in [5.74, 6) is -2.32. The lowest BCUT2D eigenvalue weighted by Crippen LogP contribution is -2.30. The molecule has 144 valence electrons. The highest BCUT2D eigenvalue weighted by molar-refractivity contribution is 7.14. The summed E-state index contributed by atoms with van der Waals surface area (Å²) in [5, 5.41) is 22.3. The van der Waals surface area contributed by atoms with Gasteiger partial charge in [0.15, 0.2) is 11.4 Å². The van der Waals surface area contributed by atoms with Gasteiger partial charge in [-0.05, 0) is 23.7 Å². The number of aliphatic carboxylic acids is 1. The van der Waals surface area contributed by atoms with Crippen molar-refractivity contribution in [1.82, 2.24) is 19.7 Å². The van der Waals surface area contributed by atoms with E-state index in [1.807, 2.05) is 30.3 Å². The first kappa shape index (κ1) is 18.5. The second-order valence-corrected chi connectivity index (χ2v) is 6.84. The van der Waals surface area contributed by atoms with Crippen LogP contribution in [-0.4, -0.2) is 43.0 Å². The maximum Gasteiger partial charge on any atom is 0.322 e. The van der Waals surface area contributed by atoms with Crippen LogP contribution in [0.4, 0.5) is 0 Å². The molecule has 4 aromatic rings. The molecule has 1 amide bonds. The molecule has 3 N–H and O–H groups in total. The molecule has 1 aromatic carbocycles. The summed E-state index contributed by atoms with van der Waals surface area (Å²) in [6.07, 6.45) is 3.19. The molecule has 0 atom stereocenters. The van der Waals surface area contributed by atoms with Gasteiger partial charge in [-0.1, -0.05) is 30.3 Å². The number of hydrogen-bond acceptors (Lipinski definition) is 7. The smallest absolute Gasteiger partial charge is 0.322 e. The molecular weight excluding hydrogens is 392 g/mol. The minimum atomic E-state index is -1.20. The van der Waals surface area contributed by atoms with Crippen LogP contribution in [0.2, 0.25) is 0 Å². The molecule has 0 unspecified atom stereocenters. The number of carboxylic acids is 1. The fourth-order valence-corrected chi connectivity index (χ4v) is 3.82. The zero-order valence-corrected chi connectivity index (χ0v) is 15.7. The van der Waals surface area contributed by atoms with Crippen molar-refractivity contribution in [2.75, 3.05) is 6.54 Å². The molecule has 0 bridgehead atoms. The fourth-order valence-electron chi connectivity index (χ4n) is 2.90. The number of nitrogens with one attached hydrogen (secondary N) is 1. The Hall–Kier alpha value is -3.85. The summed E-state index contributed by atoms with van der Waals surface area (Å²) < 4.78 is 5.10. The van der Waals surface area contributed by atoms with Gasteiger partial charge >= 0.3 is 5.97 Å².